The zero-order valence-electron chi connectivity index (χ0n) is 16.8. The lowest BCUT2D eigenvalue weighted by Crippen LogP contribution is -2.16. The third-order valence-corrected chi connectivity index (χ3v) is 6.07. The second kappa shape index (κ2) is 8.56. The number of esters is 1. The van der Waals surface area contributed by atoms with Crippen molar-refractivity contribution in [3.8, 4) is 17.2 Å². The molecule has 0 aliphatic heterocycles. The summed E-state index contributed by atoms with van der Waals surface area (Å²) in [7, 11) is 0. The van der Waals surface area contributed by atoms with Crippen molar-refractivity contribution < 1.29 is 9.53 Å². The standard InChI is InChI=1S/C25H20N2O2S/c1-3-29-25(28)16(2)30-19-10-8-18-14-27-15-24(23(18)12-19)22-11-9-17(13-26)20-6-4-5-7-21(20)22/h4-12,14-16H,3H2,1-2H3. The Morgan fingerprint density at radius 3 is 2.63 bits per heavy atom. The number of rotatable bonds is 5. The first-order chi connectivity index (χ1) is 14.6. The maximum absolute atomic E-state index is 12.0. The van der Waals surface area contributed by atoms with Crippen LogP contribution < -0.4 is 0 Å². The van der Waals surface area contributed by atoms with E-state index in [0.29, 0.717) is 12.2 Å². The van der Waals surface area contributed by atoms with Crippen LogP contribution in [0.5, 0.6) is 0 Å². The fourth-order valence-corrected chi connectivity index (χ4v) is 4.48. The summed E-state index contributed by atoms with van der Waals surface area (Å²) in [6, 6.07) is 20.2. The molecule has 4 nitrogen and oxygen atoms in total. The molecule has 1 aromatic heterocycles. The van der Waals surface area contributed by atoms with Crippen molar-refractivity contribution in [2.24, 2.45) is 0 Å². The maximum atomic E-state index is 12.0. The molecule has 0 aliphatic rings. The van der Waals surface area contributed by atoms with Crippen LogP contribution >= 0.6 is 11.8 Å². The number of carbonyl (C=O) groups is 1. The number of hydrogen-bond acceptors (Lipinski definition) is 5. The van der Waals surface area contributed by atoms with E-state index >= 15 is 0 Å². The Kier molecular flexibility index (Phi) is 5.69. The SMILES string of the molecule is CCOC(=O)C(C)Sc1ccc2cncc(-c3ccc(C#N)c4ccccc34)c2c1. The van der Waals surface area contributed by atoms with Crippen molar-refractivity contribution in [2.75, 3.05) is 6.61 Å². The summed E-state index contributed by atoms with van der Waals surface area (Å²) in [5.74, 6) is -0.212. The Morgan fingerprint density at radius 1 is 1.07 bits per heavy atom. The monoisotopic (exact) mass is 412 g/mol. The van der Waals surface area contributed by atoms with Gasteiger partial charge in [-0.25, -0.2) is 0 Å². The highest BCUT2D eigenvalue weighted by Gasteiger charge is 2.16. The van der Waals surface area contributed by atoms with Gasteiger partial charge in [0.1, 0.15) is 5.25 Å². The average Bonchev–Trinajstić information content (AvgIpc) is 2.78. The Hall–Kier alpha value is -3.36. The van der Waals surface area contributed by atoms with Crippen LogP contribution in [0, 0.1) is 11.3 Å². The highest BCUT2D eigenvalue weighted by atomic mass is 32.2. The van der Waals surface area contributed by atoms with Gasteiger partial charge in [-0.2, -0.15) is 5.26 Å². The van der Waals surface area contributed by atoms with Crippen molar-refractivity contribution in [3.63, 3.8) is 0 Å². The van der Waals surface area contributed by atoms with E-state index in [2.05, 4.69) is 17.1 Å². The van der Waals surface area contributed by atoms with Gasteiger partial charge in [-0.05, 0) is 48.4 Å². The summed E-state index contributed by atoms with van der Waals surface area (Å²) < 4.78 is 5.13. The van der Waals surface area contributed by atoms with Crippen LogP contribution in [0.15, 0.2) is 71.9 Å². The first kappa shape index (κ1) is 19.9. The third-order valence-electron chi connectivity index (χ3n) is 5.00. The lowest BCUT2D eigenvalue weighted by atomic mass is 9.93. The number of carbonyl (C=O) groups excluding carboxylic acids is 1. The van der Waals surface area contributed by atoms with Crippen LogP contribution in [0.3, 0.4) is 0 Å². The Balaban J connectivity index is 1.84. The summed E-state index contributed by atoms with van der Waals surface area (Å²) in [5.41, 5.74) is 2.68. The molecule has 4 rings (SSSR count). The molecule has 5 heteroatoms. The van der Waals surface area contributed by atoms with Gasteiger partial charge in [0.15, 0.2) is 0 Å². The van der Waals surface area contributed by atoms with Crippen LogP contribution in [-0.4, -0.2) is 22.8 Å². The number of fused-ring (bicyclic) bond motifs is 2. The fourth-order valence-electron chi connectivity index (χ4n) is 3.57. The summed E-state index contributed by atoms with van der Waals surface area (Å²) >= 11 is 1.48. The van der Waals surface area contributed by atoms with E-state index in [-0.39, 0.29) is 11.2 Å². The van der Waals surface area contributed by atoms with Gasteiger partial charge in [0.25, 0.3) is 0 Å². The molecule has 0 spiro atoms. The highest BCUT2D eigenvalue weighted by Crippen LogP contribution is 2.36. The normalized spacial score (nSPS) is 11.9. The smallest absolute Gasteiger partial charge is 0.319 e. The average molecular weight is 413 g/mol. The molecule has 148 valence electrons. The van der Waals surface area contributed by atoms with Crippen molar-refractivity contribution in [1.82, 2.24) is 4.98 Å². The number of nitriles is 1. The molecule has 0 amide bonds. The van der Waals surface area contributed by atoms with Crippen molar-refractivity contribution in [1.29, 1.82) is 5.26 Å². The molecule has 0 aliphatic carbocycles. The Morgan fingerprint density at radius 2 is 1.87 bits per heavy atom. The van der Waals surface area contributed by atoms with E-state index < -0.39 is 0 Å². The highest BCUT2D eigenvalue weighted by molar-refractivity contribution is 8.00. The molecule has 4 aromatic rings. The molecule has 0 saturated heterocycles. The van der Waals surface area contributed by atoms with E-state index in [1.165, 1.54) is 11.8 Å². The van der Waals surface area contributed by atoms with Gasteiger partial charge >= 0.3 is 5.97 Å². The number of thioether (sulfide) groups is 1. The molecule has 3 aromatic carbocycles. The minimum Gasteiger partial charge on any atom is -0.465 e. The van der Waals surface area contributed by atoms with Crippen LogP contribution in [0.4, 0.5) is 0 Å². The van der Waals surface area contributed by atoms with Crippen LogP contribution in [0.1, 0.15) is 19.4 Å². The molecule has 1 unspecified atom stereocenters. The molecule has 1 atom stereocenters. The molecule has 0 N–H and O–H groups in total. The van der Waals surface area contributed by atoms with E-state index in [1.807, 2.05) is 74.8 Å². The number of pyridine rings is 1. The van der Waals surface area contributed by atoms with E-state index in [1.54, 1.807) is 0 Å². The molecule has 0 saturated carbocycles. The topological polar surface area (TPSA) is 63.0 Å². The molecule has 1 heterocycles. The minimum atomic E-state index is -0.288. The molecular formula is C25H20N2O2S. The van der Waals surface area contributed by atoms with Gasteiger partial charge in [0.05, 0.1) is 18.2 Å². The Bertz CT molecular complexity index is 1290. The zero-order chi connectivity index (χ0) is 21.1. The molecule has 0 bridgehead atoms. The molecular weight excluding hydrogens is 392 g/mol. The summed E-state index contributed by atoms with van der Waals surface area (Å²) in [5, 5.41) is 13.2. The zero-order valence-corrected chi connectivity index (χ0v) is 17.6. The van der Waals surface area contributed by atoms with Gasteiger partial charge in [-0.1, -0.05) is 36.4 Å². The van der Waals surface area contributed by atoms with Crippen LogP contribution in [0.2, 0.25) is 0 Å². The second-order valence-electron chi connectivity index (χ2n) is 6.90. The third kappa shape index (κ3) is 3.74. The number of nitrogens with zero attached hydrogens (tertiary/aromatic N) is 2. The molecule has 0 radical (unpaired) electrons. The van der Waals surface area contributed by atoms with Gasteiger partial charge in [0, 0.05) is 33.6 Å². The Labute approximate surface area is 179 Å². The first-order valence-electron chi connectivity index (χ1n) is 9.75. The van der Waals surface area contributed by atoms with Crippen molar-refractivity contribution in [3.05, 3.63) is 72.6 Å². The van der Waals surface area contributed by atoms with E-state index in [9.17, 15) is 10.1 Å². The van der Waals surface area contributed by atoms with Gasteiger partial charge < -0.3 is 4.74 Å². The summed E-state index contributed by atoms with van der Waals surface area (Å²) in [6.07, 6.45) is 3.70. The maximum Gasteiger partial charge on any atom is 0.319 e. The fraction of sp³-hybridized carbons (Fsp3) is 0.160. The number of ether oxygens (including phenoxy) is 1. The second-order valence-corrected chi connectivity index (χ2v) is 8.31. The van der Waals surface area contributed by atoms with Gasteiger partial charge in [-0.15, -0.1) is 11.8 Å². The molecule has 0 fully saturated rings. The number of aromatic nitrogens is 1. The lowest BCUT2D eigenvalue weighted by Gasteiger charge is -2.13. The number of benzene rings is 3. The van der Waals surface area contributed by atoms with E-state index in [4.69, 9.17) is 4.74 Å². The van der Waals surface area contributed by atoms with Crippen molar-refractivity contribution >= 4 is 39.3 Å². The predicted molar refractivity (Wildman–Crippen MR) is 121 cm³/mol. The predicted octanol–water partition coefficient (Wildman–Crippen LogP) is 5.97. The minimum absolute atomic E-state index is 0.212. The lowest BCUT2D eigenvalue weighted by molar-refractivity contribution is -0.142. The first-order valence-corrected chi connectivity index (χ1v) is 10.6. The van der Waals surface area contributed by atoms with Crippen molar-refractivity contribution in [2.45, 2.75) is 24.0 Å². The van der Waals surface area contributed by atoms with Gasteiger partial charge in [0.2, 0.25) is 0 Å². The van der Waals surface area contributed by atoms with E-state index in [0.717, 1.165) is 37.6 Å². The summed E-state index contributed by atoms with van der Waals surface area (Å²) in [6.45, 7) is 4.05. The number of hydrogen-bond donors (Lipinski definition) is 0. The molecule has 30 heavy (non-hydrogen) atoms. The largest absolute Gasteiger partial charge is 0.465 e. The van der Waals surface area contributed by atoms with Crippen LogP contribution in [0.25, 0.3) is 32.7 Å². The van der Waals surface area contributed by atoms with Crippen LogP contribution in [-0.2, 0) is 9.53 Å². The quantitative estimate of drug-likeness (QED) is 0.298. The summed E-state index contributed by atoms with van der Waals surface area (Å²) in [4.78, 5) is 17.5. The van der Waals surface area contributed by atoms with Gasteiger partial charge in [-0.3, -0.25) is 9.78 Å².